The Labute approximate surface area is 374 Å². The summed E-state index contributed by atoms with van der Waals surface area (Å²) in [5.41, 5.74) is 0. The molecule has 1 aliphatic rings. The van der Waals surface area contributed by atoms with Gasteiger partial charge in [0, 0.05) is 12.8 Å². The van der Waals surface area contributed by atoms with Gasteiger partial charge in [-0.3, -0.25) is 14.1 Å². The minimum absolute atomic E-state index is 0.0311. The van der Waals surface area contributed by atoms with Crippen molar-refractivity contribution in [3.63, 3.8) is 0 Å². The lowest BCUT2D eigenvalue weighted by Crippen LogP contribution is -2.60. The molecular weight excluding hydrogens is 813 g/mol. The highest BCUT2D eigenvalue weighted by Crippen LogP contribution is 2.24. The highest BCUT2D eigenvalue weighted by atomic mass is 32.2. The zero-order valence-corrected chi connectivity index (χ0v) is 38.8. The van der Waals surface area contributed by atoms with Gasteiger partial charge in [0.2, 0.25) is 0 Å². The van der Waals surface area contributed by atoms with Gasteiger partial charge in [-0.15, -0.1) is 0 Å². The van der Waals surface area contributed by atoms with Gasteiger partial charge in [0.25, 0.3) is 10.1 Å². The van der Waals surface area contributed by atoms with Crippen molar-refractivity contribution in [3.05, 3.63) is 72.9 Å². The third-order valence-electron chi connectivity index (χ3n) is 10.3. The lowest BCUT2D eigenvalue weighted by molar-refractivity contribution is -0.297. The Kier molecular flexibility index (Phi) is 35.5. The maximum Gasteiger partial charge on any atom is 0.306 e. The largest absolute Gasteiger partial charge is 0.462 e. The van der Waals surface area contributed by atoms with Crippen LogP contribution in [0.2, 0.25) is 0 Å². The predicted molar refractivity (Wildman–Crippen MR) is 247 cm³/mol. The molecule has 1 aliphatic heterocycles. The van der Waals surface area contributed by atoms with E-state index in [9.17, 15) is 37.9 Å². The number of rotatable bonds is 38. The number of hydrogen-bond donors (Lipinski definition) is 4. The topological polar surface area (TPSA) is 186 Å². The van der Waals surface area contributed by atoms with Gasteiger partial charge in [-0.05, 0) is 64.2 Å². The summed E-state index contributed by atoms with van der Waals surface area (Å²) < 4.78 is 53.9. The quantitative estimate of drug-likeness (QED) is 0.0199. The van der Waals surface area contributed by atoms with Crippen LogP contribution in [0.25, 0.3) is 0 Å². The second-order valence-corrected chi connectivity index (χ2v) is 17.6. The number of carbonyl (C=O) groups excluding carboxylic acids is 2. The maximum absolute atomic E-state index is 12.8. The summed E-state index contributed by atoms with van der Waals surface area (Å²) in [5, 5.41) is 30.9. The van der Waals surface area contributed by atoms with E-state index in [0.717, 1.165) is 38.5 Å². The monoisotopic (exact) mass is 895 g/mol. The Morgan fingerprint density at radius 3 is 1.50 bits per heavy atom. The van der Waals surface area contributed by atoms with Gasteiger partial charge >= 0.3 is 11.9 Å². The molecule has 0 aromatic heterocycles. The second-order valence-electron chi connectivity index (χ2n) is 16.1. The number of carbonyl (C=O) groups is 2. The van der Waals surface area contributed by atoms with E-state index in [1.165, 1.54) is 83.5 Å². The Hall–Kier alpha value is -2.91. The van der Waals surface area contributed by atoms with Gasteiger partial charge in [-0.2, -0.15) is 8.42 Å². The van der Waals surface area contributed by atoms with Crippen LogP contribution in [0, 0.1) is 0 Å². The first-order valence-electron chi connectivity index (χ1n) is 23.5. The van der Waals surface area contributed by atoms with Gasteiger partial charge in [0.05, 0.1) is 6.61 Å². The number of ether oxygens (including phenoxy) is 4. The molecule has 0 aliphatic carbocycles. The van der Waals surface area contributed by atoms with E-state index in [0.29, 0.717) is 19.3 Å². The van der Waals surface area contributed by atoms with Crippen molar-refractivity contribution < 1.29 is 56.8 Å². The van der Waals surface area contributed by atoms with E-state index in [4.69, 9.17) is 18.9 Å². The molecule has 0 radical (unpaired) electrons. The minimum atomic E-state index is -4.62. The first-order chi connectivity index (χ1) is 30.0. The van der Waals surface area contributed by atoms with Crippen molar-refractivity contribution in [2.24, 2.45) is 0 Å². The lowest BCUT2D eigenvalue weighted by Gasteiger charge is -2.40. The Morgan fingerprint density at radius 1 is 0.548 bits per heavy atom. The van der Waals surface area contributed by atoms with Crippen LogP contribution >= 0.6 is 0 Å². The lowest BCUT2D eigenvalue weighted by atomic mass is 10.00. The van der Waals surface area contributed by atoms with Crippen molar-refractivity contribution in [1.82, 2.24) is 0 Å². The van der Waals surface area contributed by atoms with E-state index in [2.05, 4.69) is 62.5 Å². The molecule has 6 atom stereocenters. The van der Waals surface area contributed by atoms with Gasteiger partial charge in [0.1, 0.15) is 36.8 Å². The fraction of sp³-hybridized carbons (Fsp3) is 0.714. The van der Waals surface area contributed by atoms with Crippen LogP contribution in [0.4, 0.5) is 0 Å². The van der Waals surface area contributed by atoms with Crippen LogP contribution in [-0.4, -0.2) is 96.0 Å². The molecule has 1 saturated heterocycles. The number of aliphatic hydroxyl groups excluding tert-OH is 3. The van der Waals surface area contributed by atoms with Gasteiger partial charge < -0.3 is 34.3 Å². The highest BCUT2D eigenvalue weighted by molar-refractivity contribution is 7.85. The minimum Gasteiger partial charge on any atom is -0.462 e. The summed E-state index contributed by atoms with van der Waals surface area (Å²) in [6, 6.07) is 0. The molecule has 4 N–H and O–H groups in total. The van der Waals surface area contributed by atoms with Crippen LogP contribution in [0.5, 0.6) is 0 Å². The SMILES string of the molecule is CCCCC/C=C/C/C=C/C/C=C/C/C=C/C/C=C/CCC(=O)O[C@H](COC(=O)CC/C=C/CCCCCCCCCCCCC)CO[C@H]1O[C@H](CS(=O)(=O)O)[C@@H](O)C(O)C1O. The summed E-state index contributed by atoms with van der Waals surface area (Å²) in [6.07, 6.45) is 39.7. The zero-order chi connectivity index (χ0) is 45.5. The number of unbranched alkanes of at least 4 members (excludes halogenated alkanes) is 14. The van der Waals surface area contributed by atoms with E-state index < -0.39 is 71.2 Å². The Morgan fingerprint density at radius 2 is 0.968 bits per heavy atom. The van der Waals surface area contributed by atoms with E-state index in [-0.39, 0.29) is 19.4 Å². The standard InChI is InChI=1S/C49H82O12S/c1-3-5-7-9-11-13-15-17-19-20-21-22-24-26-28-30-32-34-36-38-45(51)60-42(40-59-49-48(54)47(53)46(52)43(61-49)41-62(55,56)57)39-58-44(50)37-35-33-31-29-27-25-23-18-16-14-12-10-8-6-4-2/h11,13,17,19,21-22,26,28,31-34,42-43,46-49,52-54H,3-10,12,14-16,18,20,23-25,27,29-30,35-41H2,1-2H3,(H,55,56,57)/b13-11+,19-17+,22-21+,28-26+,33-31+,34-32+/t42-,43-,46-,47?,48?,49+/m1/s1. The highest BCUT2D eigenvalue weighted by Gasteiger charge is 2.46. The fourth-order valence-corrected chi connectivity index (χ4v) is 7.31. The molecule has 1 fully saturated rings. The Balaban J connectivity index is 2.52. The second kappa shape index (κ2) is 38.5. The average molecular weight is 895 g/mol. The zero-order valence-electron chi connectivity index (χ0n) is 37.9. The number of allylic oxidation sites excluding steroid dienone is 12. The molecule has 0 saturated carbocycles. The summed E-state index contributed by atoms with van der Waals surface area (Å²) in [7, 11) is -4.62. The fourth-order valence-electron chi connectivity index (χ4n) is 6.62. The molecule has 356 valence electrons. The van der Waals surface area contributed by atoms with Crippen molar-refractivity contribution in [2.75, 3.05) is 19.0 Å². The molecular formula is C49H82O12S. The first kappa shape index (κ1) is 57.1. The van der Waals surface area contributed by atoms with Crippen molar-refractivity contribution >= 4 is 22.1 Å². The molecule has 0 spiro atoms. The molecule has 2 unspecified atom stereocenters. The summed E-state index contributed by atoms with van der Waals surface area (Å²) in [6.45, 7) is 3.63. The number of hydrogen-bond acceptors (Lipinski definition) is 11. The van der Waals surface area contributed by atoms with Crippen LogP contribution in [0.1, 0.15) is 168 Å². The Bertz CT molecular complexity index is 1420. The van der Waals surface area contributed by atoms with Gasteiger partial charge in [-0.1, -0.05) is 164 Å². The third kappa shape index (κ3) is 32.7. The van der Waals surface area contributed by atoms with Crippen molar-refractivity contribution in [2.45, 2.75) is 205 Å². The average Bonchev–Trinajstić information content (AvgIpc) is 3.24. The molecule has 12 nitrogen and oxygen atoms in total. The van der Waals surface area contributed by atoms with Crippen molar-refractivity contribution in [1.29, 1.82) is 0 Å². The molecule has 0 aromatic rings. The molecule has 1 rings (SSSR count). The molecule has 0 bridgehead atoms. The summed E-state index contributed by atoms with van der Waals surface area (Å²) in [4.78, 5) is 25.4. The molecule has 13 heteroatoms. The molecule has 62 heavy (non-hydrogen) atoms. The van der Waals surface area contributed by atoms with E-state index in [1.807, 2.05) is 24.3 Å². The van der Waals surface area contributed by atoms with Crippen LogP contribution in [0.3, 0.4) is 0 Å². The van der Waals surface area contributed by atoms with E-state index in [1.54, 1.807) is 0 Å². The van der Waals surface area contributed by atoms with E-state index >= 15 is 0 Å². The van der Waals surface area contributed by atoms with Crippen LogP contribution < -0.4 is 0 Å². The van der Waals surface area contributed by atoms with Crippen LogP contribution in [0.15, 0.2) is 72.9 Å². The number of esters is 2. The summed E-state index contributed by atoms with van der Waals surface area (Å²) >= 11 is 0. The number of aliphatic hydroxyl groups is 3. The smallest absolute Gasteiger partial charge is 0.306 e. The maximum atomic E-state index is 12.8. The van der Waals surface area contributed by atoms with Crippen molar-refractivity contribution in [3.8, 4) is 0 Å². The van der Waals surface area contributed by atoms with Gasteiger partial charge in [0.15, 0.2) is 12.4 Å². The molecule has 0 amide bonds. The van der Waals surface area contributed by atoms with Gasteiger partial charge in [-0.25, -0.2) is 0 Å². The predicted octanol–water partition coefficient (Wildman–Crippen LogP) is 9.89. The summed E-state index contributed by atoms with van der Waals surface area (Å²) in [5.74, 6) is -2.16. The normalized spacial score (nSPS) is 20.5. The first-order valence-corrected chi connectivity index (χ1v) is 25.1. The van der Waals surface area contributed by atoms with Crippen LogP contribution in [-0.2, 0) is 38.7 Å². The third-order valence-corrected chi connectivity index (χ3v) is 11.0. The molecule has 0 aromatic carbocycles. The molecule has 1 heterocycles.